The highest BCUT2D eigenvalue weighted by molar-refractivity contribution is 5.94. The summed E-state index contributed by atoms with van der Waals surface area (Å²) in [5.74, 6) is -1.20. The number of carboxylic acids is 1. The maximum atomic E-state index is 13.1. The van der Waals surface area contributed by atoms with Gasteiger partial charge in [-0.15, -0.1) is 0 Å². The van der Waals surface area contributed by atoms with E-state index in [2.05, 4.69) is 13.8 Å². The Morgan fingerprint density at radius 3 is 2.59 bits per heavy atom. The fourth-order valence-corrected chi connectivity index (χ4v) is 1.79. The van der Waals surface area contributed by atoms with Crippen LogP contribution in [0, 0.1) is 11.7 Å². The van der Waals surface area contributed by atoms with Gasteiger partial charge in [0.15, 0.2) is 0 Å². The quantitative estimate of drug-likeness (QED) is 0.858. The highest BCUT2D eigenvalue weighted by Gasteiger charge is 2.16. The Labute approximate surface area is 101 Å². The Balaban J connectivity index is 3.14. The Morgan fingerprint density at radius 2 is 2.12 bits per heavy atom. The van der Waals surface area contributed by atoms with E-state index in [1.54, 1.807) is 0 Å². The maximum Gasteiger partial charge on any atom is 0.337 e. The molecule has 0 aromatic heterocycles. The molecule has 1 aromatic carbocycles. The molecule has 0 amide bonds. The van der Waals surface area contributed by atoms with Crippen molar-refractivity contribution in [3.05, 3.63) is 29.6 Å². The summed E-state index contributed by atoms with van der Waals surface area (Å²) in [6, 6.07) is 3.90. The van der Waals surface area contributed by atoms with Crippen LogP contribution in [0.5, 0.6) is 0 Å². The lowest BCUT2D eigenvalue weighted by Gasteiger charge is -2.26. The number of aromatic carboxylic acids is 1. The molecule has 0 fully saturated rings. The summed E-state index contributed by atoms with van der Waals surface area (Å²) in [5, 5.41) is 9.08. The van der Waals surface area contributed by atoms with E-state index in [1.165, 1.54) is 12.1 Å². The molecule has 17 heavy (non-hydrogen) atoms. The SMILES string of the molecule is CCN(CC(C)C)c1ccc(F)cc1C(=O)O. The van der Waals surface area contributed by atoms with E-state index >= 15 is 0 Å². The molecule has 0 heterocycles. The van der Waals surface area contributed by atoms with Crippen LogP contribution in [0.25, 0.3) is 0 Å². The first-order valence-corrected chi connectivity index (χ1v) is 5.73. The normalized spacial score (nSPS) is 10.6. The number of halogens is 1. The molecule has 0 bridgehead atoms. The summed E-state index contributed by atoms with van der Waals surface area (Å²) in [7, 11) is 0. The second-order valence-corrected chi connectivity index (χ2v) is 4.40. The van der Waals surface area contributed by atoms with Gasteiger partial charge < -0.3 is 10.0 Å². The van der Waals surface area contributed by atoms with Gasteiger partial charge in [0.2, 0.25) is 0 Å². The number of rotatable bonds is 5. The van der Waals surface area contributed by atoms with Gasteiger partial charge in [-0.1, -0.05) is 13.8 Å². The lowest BCUT2D eigenvalue weighted by molar-refractivity contribution is 0.0697. The van der Waals surface area contributed by atoms with Crippen molar-refractivity contribution in [3.8, 4) is 0 Å². The van der Waals surface area contributed by atoms with Gasteiger partial charge in [-0.2, -0.15) is 0 Å². The van der Waals surface area contributed by atoms with E-state index in [0.717, 1.165) is 12.6 Å². The zero-order valence-electron chi connectivity index (χ0n) is 10.4. The molecule has 3 nitrogen and oxygen atoms in total. The van der Waals surface area contributed by atoms with Crippen molar-refractivity contribution in [3.63, 3.8) is 0 Å². The Hall–Kier alpha value is -1.58. The van der Waals surface area contributed by atoms with Crippen molar-refractivity contribution < 1.29 is 14.3 Å². The van der Waals surface area contributed by atoms with Gasteiger partial charge in [0, 0.05) is 13.1 Å². The van der Waals surface area contributed by atoms with Crippen LogP contribution in [0.15, 0.2) is 18.2 Å². The lowest BCUT2D eigenvalue weighted by Crippen LogP contribution is -2.28. The van der Waals surface area contributed by atoms with E-state index in [9.17, 15) is 9.18 Å². The zero-order valence-corrected chi connectivity index (χ0v) is 10.4. The molecular weight excluding hydrogens is 221 g/mol. The minimum absolute atomic E-state index is 0.0208. The minimum atomic E-state index is -1.10. The van der Waals surface area contributed by atoms with Gasteiger partial charge in [0.1, 0.15) is 5.82 Å². The van der Waals surface area contributed by atoms with Gasteiger partial charge in [-0.3, -0.25) is 0 Å². The summed E-state index contributed by atoms with van der Waals surface area (Å²) in [6.45, 7) is 7.53. The minimum Gasteiger partial charge on any atom is -0.478 e. The maximum absolute atomic E-state index is 13.1. The highest BCUT2D eigenvalue weighted by Crippen LogP contribution is 2.22. The monoisotopic (exact) mass is 239 g/mol. The van der Waals surface area contributed by atoms with Crippen molar-refractivity contribution >= 4 is 11.7 Å². The van der Waals surface area contributed by atoms with E-state index in [1.807, 2.05) is 11.8 Å². The predicted octanol–water partition coefficient (Wildman–Crippen LogP) is 3.01. The van der Waals surface area contributed by atoms with Gasteiger partial charge in [0.05, 0.1) is 11.3 Å². The average molecular weight is 239 g/mol. The van der Waals surface area contributed by atoms with Crippen LogP contribution in [-0.4, -0.2) is 24.2 Å². The van der Waals surface area contributed by atoms with Crippen molar-refractivity contribution in [2.45, 2.75) is 20.8 Å². The van der Waals surface area contributed by atoms with Crippen LogP contribution < -0.4 is 4.90 Å². The summed E-state index contributed by atoms with van der Waals surface area (Å²) in [6.07, 6.45) is 0. The molecule has 0 saturated carbocycles. The molecule has 0 radical (unpaired) electrons. The number of carboxylic acid groups (broad SMARTS) is 1. The zero-order chi connectivity index (χ0) is 13.0. The lowest BCUT2D eigenvalue weighted by atomic mass is 10.1. The van der Waals surface area contributed by atoms with Gasteiger partial charge in [-0.05, 0) is 31.0 Å². The summed E-state index contributed by atoms with van der Waals surface area (Å²) in [5.41, 5.74) is 0.600. The topological polar surface area (TPSA) is 40.5 Å². The molecule has 1 aromatic rings. The van der Waals surface area contributed by atoms with E-state index < -0.39 is 11.8 Å². The van der Waals surface area contributed by atoms with Crippen LogP contribution in [-0.2, 0) is 0 Å². The Bertz CT molecular complexity index is 404. The Kier molecular flexibility index (Phi) is 4.49. The molecule has 0 spiro atoms. The van der Waals surface area contributed by atoms with Gasteiger partial charge in [0.25, 0.3) is 0 Å². The van der Waals surface area contributed by atoms with E-state index in [4.69, 9.17) is 5.11 Å². The third-order valence-electron chi connectivity index (χ3n) is 2.50. The summed E-state index contributed by atoms with van der Waals surface area (Å²) < 4.78 is 13.1. The van der Waals surface area contributed by atoms with Crippen molar-refractivity contribution in [1.82, 2.24) is 0 Å². The number of hydrogen-bond donors (Lipinski definition) is 1. The highest BCUT2D eigenvalue weighted by atomic mass is 19.1. The van der Waals surface area contributed by atoms with Crippen molar-refractivity contribution in [2.24, 2.45) is 5.92 Å². The smallest absolute Gasteiger partial charge is 0.337 e. The summed E-state index contributed by atoms with van der Waals surface area (Å²) >= 11 is 0. The largest absolute Gasteiger partial charge is 0.478 e. The third-order valence-corrected chi connectivity index (χ3v) is 2.50. The number of anilines is 1. The van der Waals surface area contributed by atoms with Crippen LogP contribution in [0.4, 0.5) is 10.1 Å². The molecule has 0 aliphatic heterocycles. The first-order chi connectivity index (χ1) is 7.95. The molecule has 1 rings (SSSR count). The number of nitrogens with zero attached hydrogens (tertiary/aromatic N) is 1. The third kappa shape index (κ3) is 3.44. The molecule has 0 aliphatic rings. The summed E-state index contributed by atoms with van der Waals surface area (Å²) in [4.78, 5) is 13.0. The van der Waals surface area contributed by atoms with E-state index in [-0.39, 0.29) is 5.56 Å². The molecular formula is C13H18FNO2. The molecule has 0 aliphatic carbocycles. The second-order valence-electron chi connectivity index (χ2n) is 4.40. The van der Waals surface area contributed by atoms with Crippen LogP contribution in [0.1, 0.15) is 31.1 Å². The molecule has 0 saturated heterocycles. The number of hydrogen-bond acceptors (Lipinski definition) is 2. The second kappa shape index (κ2) is 5.66. The molecule has 0 atom stereocenters. The number of carbonyl (C=O) groups is 1. The molecule has 0 unspecified atom stereocenters. The first-order valence-electron chi connectivity index (χ1n) is 5.73. The Morgan fingerprint density at radius 1 is 1.47 bits per heavy atom. The molecule has 1 N–H and O–H groups in total. The van der Waals surface area contributed by atoms with Gasteiger partial charge >= 0.3 is 5.97 Å². The standard InChI is InChI=1S/C13H18FNO2/c1-4-15(8-9(2)3)12-6-5-10(14)7-11(12)13(16)17/h5-7,9H,4,8H2,1-3H3,(H,16,17). The fraction of sp³-hybridized carbons (Fsp3) is 0.462. The van der Waals surface area contributed by atoms with Crippen LogP contribution in [0.3, 0.4) is 0 Å². The van der Waals surface area contributed by atoms with Crippen LogP contribution >= 0.6 is 0 Å². The molecule has 4 heteroatoms. The molecule has 94 valence electrons. The van der Waals surface area contributed by atoms with E-state index in [0.29, 0.717) is 18.2 Å². The first kappa shape index (κ1) is 13.5. The van der Waals surface area contributed by atoms with Crippen molar-refractivity contribution in [2.75, 3.05) is 18.0 Å². The average Bonchev–Trinajstić information content (AvgIpc) is 2.25. The van der Waals surface area contributed by atoms with Crippen LogP contribution in [0.2, 0.25) is 0 Å². The fourth-order valence-electron chi connectivity index (χ4n) is 1.79. The van der Waals surface area contributed by atoms with Crippen molar-refractivity contribution in [1.29, 1.82) is 0 Å². The predicted molar refractivity (Wildman–Crippen MR) is 66.1 cm³/mol. The van der Waals surface area contributed by atoms with Gasteiger partial charge in [-0.25, -0.2) is 9.18 Å². The number of benzene rings is 1.